The molecule has 1 amide bonds. The van der Waals surface area contributed by atoms with Crippen LogP contribution in [0.25, 0.3) is 0 Å². The molecule has 0 unspecified atom stereocenters. The van der Waals surface area contributed by atoms with E-state index in [0.717, 1.165) is 5.56 Å². The molecule has 3 nitrogen and oxygen atoms in total. The molecule has 0 saturated heterocycles. The summed E-state index contributed by atoms with van der Waals surface area (Å²) in [5.41, 5.74) is 2.04. The van der Waals surface area contributed by atoms with Gasteiger partial charge < -0.3 is 0 Å². The van der Waals surface area contributed by atoms with Crippen molar-refractivity contribution in [3.05, 3.63) is 34.9 Å². The van der Waals surface area contributed by atoms with E-state index < -0.39 is 11.6 Å². The van der Waals surface area contributed by atoms with E-state index in [9.17, 15) is 9.18 Å². The Balaban J connectivity index is 2.34. The summed E-state index contributed by atoms with van der Waals surface area (Å²) in [5.74, 6) is 4.79. The van der Waals surface area contributed by atoms with Gasteiger partial charge in [0.1, 0.15) is 6.17 Å². The molecule has 1 aliphatic rings. The molecule has 2 rings (SSSR count). The van der Waals surface area contributed by atoms with Crippen LogP contribution in [0.3, 0.4) is 0 Å². The van der Waals surface area contributed by atoms with Crippen LogP contribution in [0.2, 0.25) is 5.02 Å². The van der Waals surface area contributed by atoms with Crippen molar-refractivity contribution in [1.29, 1.82) is 0 Å². The summed E-state index contributed by atoms with van der Waals surface area (Å²) in [6.45, 7) is 0. The number of rotatable bonds is 2. The van der Waals surface area contributed by atoms with Crippen molar-refractivity contribution in [1.82, 2.24) is 5.43 Å². The van der Waals surface area contributed by atoms with E-state index in [1.54, 1.807) is 24.3 Å². The minimum atomic E-state index is -0.937. The average Bonchev–Trinajstić information content (AvgIpc) is 2.25. The standard InChI is InChI=1S/C11H12ClFN2O/c12-8-3-1-7(2-4-8)11(10(16)15-14)5-9(13)6-11/h1-4,9H,5-6,14H2,(H,15,16)/t9-,11-. The zero-order valence-corrected chi connectivity index (χ0v) is 9.30. The largest absolute Gasteiger partial charge is 0.293 e. The second-order valence-electron chi connectivity index (χ2n) is 4.07. The summed E-state index contributed by atoms with van der Waals surface area (Å²) in [6.07, 6.45) is -0.581. The maximum Gasteiger partial charge on any atom is 0.244 e. The van der Waals surface area contributed by atoms with Crippen LogP contribution in [0.1, 0.15) is 18.4 Å². The number of amides is 1. The molecular formula is C11H12ClFN2O. The zero-order valence-electron chi connectivity index (χ0n) is 8.54. The normalized spacial score (nSPS) is 28.3. The highest BCUT2D eigenvalue weighted by Gasteiger charge is 2.51. The van der Waals surface area contributed by atoms with E-state index in [0.29, 0.717) is 5.02 Å². The van der Waals surface area contributed by atoms with Gasteiger partial charge in [0.2, 0.25) is 5.91 Å². The third-order valence-corrected chi connectivity index (χ3v) is 3.35. The Morgan fingerprint density at radius 1 is 1.44 bits per heavy atom. The first-order chi connectivity index (χ1) is 7.58. The second-order valence-corrected chi connectivity index (χ2v) is 4.50. The fourth-order valence-electron chi connectivity index (χ4n) is 2.16. The van der Waals surface area contributed by atoms with Crippen molar-refractivity contribution in [3.63, 3.8) is 0 Å². The molecule has 5 heteroatoms. The lowest BCUT2D eigenvalue weighted by molar-refractivity contribution is -0.132. The number of carbonyl (C=O) groups excluding carboxylic acids is 1. The topological polar surface area (TPSA) is 55.1 Å². The lowest BCUT2D eigenvalue weighted by Crippen LogP contribution is -2.55. The lowest BCUT2D eigenvalue weighted by Gasteiger charge is -2.42. The number of hydrogen-bond acceptors (Lipinski definition) is 2. The third kappa shape index (κ3) is 1.68. The molecule has 0 bridgehead atoms. The molecule has 3 N–H and O–H groups in total. The van der Waals surface area contributed by atoms with Crippen molar-refractivity contribution in [3.8, 4) is 0 Å². The van der Waals surface area contributed by atoms with Gasteiger partial charge in [-0.05, 0) is 30.5 Å². The quantitative estimate of drug-likeness (QED) is 0.471. The molecule has 86 valence electrons. The van der Waals surface area contributed by atoms with Crippen molar-refractivity contribution in [2.45, 2.75) is 24.4 Å². The summed E-state index contributed by atoms with van der Waals surface area (Å²) < 4.78 is 13.0. The second kappa shape index (κ2) is 4.03. The predicted molar refractivity (Wildman–Crippen MR) is 59.6 cm³/mol. The van der Waals surface area contributed by atoms with E-state index in [2.05, 4.69) is 5.43 Å². The van der Waals surface area contributed by atoms with Gasteiger partial charge >= 0.3 is 0 Å². The summed E-state index contributed by atoms with van der Waals surface area (Å²) in [4.78, 5) is 11.7. The molecule has 0 heterocycles. The van der Waals surface area contributed by atoms with E-state index in [-0.39, 0.29) is 18.7 Å². The predicted octanol–water partition coefficient (Wildman–Crippen LogP) is 1.70. The maximum atomic E-state index is 13.0. The molecule has 0 spiro atoms. The molecule has 0 aliphatic heterocycles. The van der Waals surface area contributed by atoms with Crippen molar-refractivity contribution >= 4 is 17.5 Å². The maximum absolute atomic E-state index is 13.0. The number of hydrazine groups is 1. The Hall–Kier alpha value is -1.13. The molecule has 1 aliphatic carbocycles. The Labute approximate surface area is 97.7 Å². The number of nitrogens with two attached hydrogens (primary N) is 1. The number of halogens is 2. The molecule has 0 aromatic heterocycles. The summed E-state index contributed by atoms with van der Waals surface area (Å²) in [7, 11) is 0. The van der Waals surface area contributed by atoms with Crippen LogP contribution in [0.4, 0.5) is 4.39 Å². The first-order valence-corrected chi connectivity index (χ1v) is 5.37. The highest BCUT2D eigenvalue weighted by atomic mass is 35.5. The van der Waals surface area contributed by atoms with Gasteiger partial charge in [0, 0.05) is 5.02 Å². The van der Waals surface area contributed by atoms with Gasteiger partial charge in [-0.15, -0.1) is 0 Å². The van der Waals surface area contributed by atoms with Crippen LogP contribution >= 0.6 is 11.6 Å². The Morgan fingerprint density at radius 3 is 2.44 bits per heavy atom. The first-order valence-electron chi connectivity index (χ1n) is 4.99. The zero-order chi connectivity index (χ0) is 11.8. The van der Waals surface area contributed by atoms with Crippen LogP contribution in [-0.2, 0) is 10.2 Å². The molecule has 0 atom stereocenters. The molecular weight excluding hydrogens is 231 g/mol. The van der Waals surface area contributed by atoms with Crippen molar-refractivity contribution < 1.29 is 9.18 Å². The monoisotopic (exact) mass is 242 g/mol. The molecule has 1 fully saturated rings. The molecule has 16 heavy (non-hydrogen) atoms. The lowest BCUT2D eigenvalue weighted by atomic mass is 9.63. The Kier molecular flexibility index (Phi) is 2.86. The van der Waals surface area contributed by atoms with Gasteiger partial charge in [0.15, 0.2) is 0 Å². The molecule has 0 radical (unpaired) electrons. The minimum Gasteiger partial charge on any atom is -0.293 e. The summed E-state index contributed by atoms with van der Waals surface area (Å²) in [5, 5.41) is 0.586. The molecule has 1 aromatic carbocycles. The van der Waals surface area contributed by atoms with E-state index in [1.165, 1.54) is 0 Å². The summed E-state index contributed by atoms with van der Waals surface area (Å²) in [6, 6.07) is 6.86. The van der Waals surface area contributed by atoms with Crippen LogP contribution in [0.5, 0.6) is 0 Å². The average molecular weight is 243 g/mol. The fourth-order valence-corrected chi connectivity index (χ4v) is 2.28. The van der Waals surface area contributed by atoms with Crippen LogP contribution in [0, 0.1) is 0 Å². The third-order valence-electron chi connectivity index (χ3n) is 3.10. The highest BCUT2D eigenvalue weighted by molar-refractivity contribution is 6.30. The van der Waals surface area contributed by atoms with Gasteiger partial charge in [0.25, 0.3) is 0 Å². The molecule has 1 aromatic rings. The van der Waals surface area contributed by atoms with Crippen LogP contribution in [-0.4, -0.2) is 12.1 Å². The van der Waals surface area contributed by atoms with Gasteiger partial charge in [-0.25, -0.2) is 10.2 Å². The van der Waals surface area contributed by atoms with Gasteiger partial charge in [-0.1, -0.05) is 23.7 Å². The first kappa shape index (κ1) is 11.4. The minimum absolute atomic E-state index is 0.178. The van der Waals surface area contributed by atoms with Gasteiger partial charge in [-0.3, -0.25) is 10.2 Å². The Morgan fingerprint density at radius 2 is 2.00 bits per heavy atom. The number of nitrogens with one attached hydrogen (secondary N) is 1. The fraction of sp³-hybridized carbons (Fsp3) is 0.364. The smallest absolute Gasteiger partial charge is 0.244 e. The number of alkyl halides is 1. The van der Waals surface area contributed by atoms with Gasteiger partial charge in [-0.2, -0.15) is 0 Å². The van der Waals surface area contributed by atoms with E-state index >= 15 is 0 Å². The van der Waals surface area contributed by atoms with Gasteiger partial charge in [0.05, 0.1) is 5.41 Å². The van der Waals surface area contributed by atoms with Crippen LogP contribution in [0.15, 0.2) is 24.3 Å². The van der Waals surface area contributed by atoms with Crippen molar-refractivity contribution in [2.75, 3.05) is 0 Å². The van der Waals surface area contributed by atoms with Crippen molar-refractivity contribution in [2.24, 2.45) is 5.84 Å². The summed E-state index contributed by atoms with van der Waals surface area (Å²) >= 11 is 5.77. The van der Waals surface area contributed by atoms with E-state index in [1.807, 2.05) is 0 Å². The number of benzene rings is 1. The highest BCUT2D eigenvalue weighted by Crippen LogP contribution is 2.45. The molecule has 1 saturated carbocycles. The van der Waals surface area contributed by atoms with Crippen LogP contribution < -0.4 is 11.3 Å². The SMILES string of the molecule is NNC(=O)[C@]1(c2ccc(Cl)cc2)C[C@@H](F)C1. The number of carbonyl (C=O) groups is 1. The Bertz CT molecular complexity index is 401. The number of hydrogen-bond donors (Lipinski definition) is 2. The van der Waals surface area contributed by atoms with E-state index in [4.69, 9.17) is 17.4 Å².